The molecule has 1 atom stereocenters. The molecule has 136 valence electrons. The Hall–Kier alpha value is -1.71. The van der Waals surface area contributed by atoms with Crippen molar-refractivity contribution in [3.8, 4) is 0 Å². The number of hydrogen-bond acceptors (Lipinski definition) is 3. The maximum atomic E-state index is 12.4. The summed E-state index contributed by atoms with van der Waals surface area (Å²) in [5.74, 6) is 0. The van der Waals surface area contributed by atoms with Gasteiger partial charge in [0.2, 0.25) is 0 Å². The van der Waals surface area contributed by atoms with Gasteiger partial charge in [-0.15, -0.1) is 0 Å². The quantitative estimate of drug-likeness (QED) is 0.760. The molecule has 3 fully saturated rings. The van der Waals surface area contributed by atoms with Crippen LogP contribution in [0.2, 0.25) is 0 Å². The van der Waals surface area contributed by atoms with E-state index in [4.69, 9.17) is 0 Å². The van der Waals surface area contributed by atoms with E-state index in [0.29, 0.717) is 52.1 Å². The number of halogens is 3. The SMILES string of the molecule is O=C(NC1CCN(CC(F)(F)F)CC1)N1CCN2C(=O)NCC2C1. The van der Waals surface area contributed by atoms with Crippen LogP contribution in [0, 0.1) is 0 Å². The molecule has 2 N–H and O–H groups in total. The number of piperidine rings is 1. The van der Waals surface area contributed by atoms with Crippen molar-refractivity contribution in [2.45, 2.75) is 31.1 Å². The first kappa shape index (κ1) is 17.1. The molecule has 0 aromatic heterocycles. The zero-order valence-corrected chi connectivity index (χ0v) is 13.3. The molecule has 0 aromatic carbocycles. The van der Waals surface area contributed by atoms with Crippen LogP contribution in [0.1, 0.15) is 12.8 Å². The van der Waals surface area contributed by atoms with Crippen LogP contribution < -0.4 is 10.6 Å². The smallest absolute Gasteiger partial charge is 0.336 e. The molecule has 10 heteroatoms. The molecular weight excluding hydrogens is 327 g/mol. The predicted molar refractivity (Wildman–Crippen MR) is 79.5 cm³/mol. The molecule has 3 heterocycles. The van der Waals surface area contributed by atoms with Crippen molar-refractivity contribution in [3.63, 3.8) is 0 Å². The topological polar surface area (TPSA) is 67.9 Å². The van der Waals surface area contributed by atoms with Crippen LogP contribution in [0.5, 0.6) is 0 Å². The molecule has 7 nitrogen and oxygen atoms in total. The first-order chi connectivity index (χ1) is 11.3. The standard InChI is InChI=1S/C14H22F3N5O2/c15-14(16,17)9-20-3-1-10(2-4-20)19-13(24)21-5-6-22-11(8-21)7-18-12(22)23/h10-11H,1-9H2,(H,18,23)(H,19,24). The summed E-state index contributed by atoms with van der Waals surface area (Å²) < 4.78 is 37.1. The van der Waals surface area contributed by atoms with Crippen LogP contribution in [0.15, 0.2) is 0 Å². The molecule has 24 heavy (non-hydrogen) atoms. The van der Waals surface area contributed by atoms with E-state index in [9.17, 15) is 22.8 Å². The number of alkyl halides is 3. The molecule has 0 spiro atoms. The minimum atomic E-state index is -4.18. The predicted octanol–water partition coefficient (Wildman–Crippen LogP) is 0.432. The summed E-state index contributed by atoms with van der Waals surface area (Å²) in [6.07, 6.45) is -3.14. The number of hydrogen-bond donors (Lipinski definition) is 2. The number of nitrogens with zero attached hydrogens (tertiary/aromatic N) is 3. The minimum Gasteiger partial charge on any atom is -0.336 e. The third-order valence-corrected chi connectivity index (χ3v) is 4.84. The highest BCUT2D eigenvalue weighted by molar-refractivity contribution is 5.79. The van der Waals surface area contributed by atoms with Crippen molar-refractivity contribution in [3.05, 3.63) is 0 Å². The summed E-state index contributed by atoms with van der Waals surface area (Å²) in [6, 6.07) is -0.366. The average Bonchev–Trinajstić information content (AvgIpc) is 2.88. The van der Waals surface area contributed by atoms with Crippen molar-refractivity contribution < 1.29 is 22.8 Å². The minimum absolute atomic E-state index is 0.00522. The fourth-order valence-electron chi connectivity index (χ4n) is 3.54. The lowest BCUT2D eigenvalue weighted by atomic mass is 10.1. The number of likely N-dealkylation sites (tertiary alicyclic amines) is 1. The molecule has 0 saturated carbocycles. The molecule has 4 amide bonds. The Morgan fingerprint density at radius 3 is 2.58 bits per heavy atom. The fraction of sp³-hybridized carbons (Fsp3) is 0.857. The summed E-state index contributed by atoms with van der Waals surface area (Å²) in [5.41, 5.74) is 0. The van der Waals surface area contributed by atoms with Crippen molar-refractivity contribution in [2.24, 2.45) is 0 Å². The van der Waals surface area contributed by atoms with Crippen LogP contribution >= 0.6 is 0 Å². The van der Waals surface area contributed by atoms with Gasteiger partial charge in [-0.3, -0.25) is 4.90 Å². The second-order valence-electron chi connectivity index (χ2n) is 6.59. The third kappa shape index (κ3) is 4.03. The second kappa shape index (κ2) is 6.66. The summed E-state index contributed by atoms with van der Waals surface area (Å²) in [4.78, 5) is 28.7. The Labute approximate surface area is 138 Å². The van der Waals surface area contributed by atoms with E-state index >= 15 is 0 Å². The summed E-state index contributed by atoms with van der Waals surface area (Å²) in [7, 11) is 0. The molecule has 3 aliphatic rings. The number of nitrogens with one attached hydrogen (secondary N) is 2. The van der Waals surface area contributed by atoms with Gasteiger partial charge in [-0.25, -0.2) is 9.59 Å². The van der Waals surface area contributed by atoms with Crippen molar-refractivity contribution >= 4 is 12.1 Å². The zero-order chi connectivity index (χ0) is 17.3. The number of carbonyl (C=O) groups is 2. The average molecular weight is 349 g/mol. The van der Waals surface area contributed by atoms with Gasteiger partial charge in [0.1, 0.15) is 0 Å². The van der Waals surface area contributed by atoms with E-state index in [0.717, 1.165) is 0 Å². The highest BCUT2D eigenvalue weighted by Crippen LogP contribution is 2.20. The zero-order valence-electron chi connectivity index (χ0n) is 13.3. The Bertz CT molecular complexity index is 493. The fourth-order valence-corrected chi connectivity index (χ4v) is 3.54. The number of piperazine rings is 1. The van der Waals surface area contributed by atoms with Crippen LogP contribution in [-0.2, 0) is 0 Å². The number of carbonyl (C=O) groups excluding carboxylic acids is 2. The van der Waals surface area contributed by atoms with E-state index in [1.54, 1.807) is 9.80 Å². The number of fused-ring (bicyclic) bond motifs is 1. The van der Waals surface area contributed by atoms with Gasteiger partial charge in [-0.2, -0.15) is 13.2 Å². The van der Waals surface area contributed by atoms with Crippen LogP contribution in [0.25, 0.3) is 0 Å². The Balaban J connectivity index is 1.42. The van der Waals surface area contributed by atoms with Gasteiger partial charge in [0.05, 0.1) is 12.6 Å². The third-order valence-electron chi connectivity index (χ3n) is 4.84. The molecule has 0 radical (unpaired) electrons. The molecule has 0 aromatic rings. The van der Waals surface area contributed by atoms with Crippen molar-refractivity contribution in [1.29, 1.82) is 0 Å². The Morgan fingerprint density at radius 2 is 1.92 bits per heavy atom. The van der Waals surface area contributed by atoms with E-state index < -0.39 is 12.7 Å². The first-order valence-electron chi connectivity index (χ1n) is 8.21. The first-order valence-corrected chi connectivity index (χ1v) is 8.21. The highest BCUT2D eigenvalue weighted by atomic mass is 19.4. The van der Waals surface area contributed by atoms with Gasteiger partial charge in [0.15, 0.2) is 0 Å². The monoisotopic (exact) mass is 349 g/mol. The molecule has 3 aliphatic heterocycles. The second-order valence-corrected chi connectivity index (χ2v) is 6.59. The number of rotatable bonds is 2. The van der Waals surface area contributed by atoms with Crippen molar-refractivity contribution in [1.82, 2.24) is 25.3 Å². The maximum absolute atomic E-state index is 12.4. The maximum Gasteiger partial charge on any atom is 0.401 e. The Kier molecular flexibility index (Phi) is 4.75. The van der Waals surface area contributed by atoms with Gasteiger partial charge in [0, 0.05) is 45.3 Å². The lowest BCUT2D eigenvalue weighted by molar-refractivity contribution is -0.148. The van der Waals surface area contributed by atoms with Crippen LogP contribution in [0.3, 0.4) is 0 Å². The molecule has 0 bridgehead atoms. The number of amides is 4. The van der Waals surface area contributed by atoms with Gasteiger partial charge < -0.3 is 20.4 Å². The van der Waals surface area contributed by atoms with E-state index in [2.05, 4.69) is 10.6 Å². The summed E-state index contributed by atoms with van der Waals surface area (Å²) in [6.45, 7) is 1.78. The van der Waals surface area contributed by atoms with Crippen LogP contribution in [0.4, 0.5) is 22.8 Å². The lowest BCUT2D eigenvalue weighted by Crippen LogP contribution is -2.58. The molecule has 1 unspecified atom stereocenters. The van der Waals surface area contributed by atoms with Gasteiger partial charge in [-0.05, 0) is 12.8 Å². The largest absolute Gasteiger partial charge is 0.401 e. The van der Waals surface area contributed by atoms with Gasteiger partial charge in [0.25, 0.3) is 0 Å². The molecular formula is C14H22F3N5O2. The van der Waals surface area contributed by atoms with E-state index in [-0.39, 0.29) is 24.1 Å². The summed E-state index contributed by atoms with van der Waals surface area (Å²) in [5, 5.41) is 5.68. The molecule has 0 aliphatic carbocycles. The van der Waals surface area contributed by atoms with Crippen LogP contribution in [-0.4, -0.2) is 90.8 Å². The molecule has 3 saturated heterocycles. The van der Waals surface area contributed by atoms with Crippen molar-refractivity contribution in [2.75, 3.05) is 45.8 Å². The number of urea groups is 2. The summed E-state index contributed by atoms with van der Waals surface area (Å²) >= 11 is 0. The van der Waals surface area contributed by atoms with Gasteiger partial charge in [-0.1, -0.05) is 0 Å². The molecule has 3 rings (SSSR count). The lowest BCUT2D eigenvalue weighted by Gasteiger charge is -2.38. The van der Waals surface area contributed by atoms with E-state index in [1.807, 2.05) is 0 Å². The normalized spacial score (nSPS) is 26.3. The Morgan fingerprint density at radius 1 is 1.21 bits per heavy atom. The van der Waals surface area contributed by atoms with Gasteiger partial charge >= 0.3 is 18.2 Å². The highest BCUT2D eigenvalue weighted by Gasteiger charge is 2.37. The van der Waals surface area contributed by atoms with E-state index in [1.165, 1.54) is 4.90 Å².